The minimum absolute atomic E-state index is 0.0863. The minimum Gasteiger partial charge on any atom is -0.480 e. The van der Waals surface area contributed by atoms with Crippen molar-refractivity contribution in [1.82, 2.24) is 4.90 Å². The first-order valence-corrected chi connectivity index (χ1v) is 6.26. The Balaban J connectivity index is 2.96. The predicted molar refractivity (Wildman–Crippen MR) is 71.9 cm³/mol. The summed E-state index contributed by atoms with van der Waals surface area (Å²) in [5, 5.41) is 8.87. The van der Waals surface area contributed by atoms with Gasteiger partial charge in [0, 0.05) is 17.1 Å². The third-order valence-electron chi connectivity index (χ3n) is 2.66. The summed E-state index contributed by atoms with van der Waals surface area (Å²) in [5.41, 5.74) is 0.847. The van der Waals surface area contributed by atoms with E-state index in [1.54, 1.807) is 17.0 Å². The zero-order chi connectivity index (χ0) is 13.7. The number of benzene rings is 1. The van der Waals surface area contributed by atoms with Gasteiger partial charge in [-0.1, -0.05) is 28.1 Å². The molecule has 1 aromatic rings. The van der Waals surface area contributed by atoms with Crippen LogP contribution in [0.15, 0.2) is 35.3 Å². The summed E-state index contributed by atoms with van der Waals surface area (Å²) in [6.07, 6.45) is 1.65. The third kappa shape index (κ3) is 3.92. The molecule has 0 amide bonds. The normalized spacial score (nSPS) is 12.4. The highest BCUT2D eigenvalue weighted by atomic mass is 79.9. The fraction of sp³-hybridized carbons (Fsp3) is 0.308. The number of halogens is 2. The quantitative estimate of drug-likeness (QED) is 0.819. The Bertz CT molecular complexity index is 451. The van der Waals surface area contributed by atoms with Gasteiger partial charge in [-0.2, -0.15) is 0 Å². The number of carboxylic acids is 1. The van der Waals surface area contributed by atoms with E-state index in [2.05, 4.69) is 22.5 Å². The summed E-state index contributed by atoms with van der Waals surface area (Å²) in [7, 11) is 0. The Hall–Kier alpha value is -1.20. The van der Waals surface area contributed by atoms with E-state index in [1.165, 1.54) is 12.1 Å². The van der Waals surface area contributed by atoms with Crippen LogP contribution >= 0.6 is 15.9 Å². The fourth-order valence-electron chi connectivity index (χ4n) is 1.74. The molecule has 1 atom stereocenters. The second kappa shape index (κ2) is 6.66. The van der Waals surface area contributed by atoms with Crippen LogP contribution in [0.1, 0.15) is 18.5 Å². The zero-order valence-corrected chi connectivity index (χ0v) is 11.7. The summed E-state index contributed by atoms with van der Waals surface area (Å²) in [5.74, 6) is -1.23. The number of aliphatic carboxylic acids is 1. The Kier molecular flexibility index (Phi) is 5.50. The molecule has 0 fully saturated rings. The van der Waals surface area contributed by atoms with Gasteiger partial charge in [0.1, 0.15) is 5.82 Å². The van der Waals surface area contributed by atoms with Crippen LogP contribution in [0.25, 0.3) is 0 Å². The van der Waals surface area contributed by atoms with Crippen molar-refractivity contribution < 1.29 is 14.3 Å². The van der Waals surface area contributed by atoms with Crippen molar-refractivity contribution in [3.05, 3.63) is 46.7 Å². The standard InChI is InChI=1S/C13H15BrFNO2/c1-3-6-16(8-13(17)18)9(2)11-5-4-10(15)7-12(11)14/h3-5,7,9H,1,6,8H2,2H3,(H,17,18). The summed E-state index contributed by atoms with van der Waals surface area (Å²) in [4.78, 5) is 12.6. The van der Waals surface area contributed by atoms with Crippen molar-refractivity contribution in [2.45, 2.75) is 13.0 Å². The maximum absolute atomic E-state index is 13.0. The highest BCUT2D eigenvalue weighted by Gasteiger charge is 2.19. The molecule has 98 valence electrons. The van der Waals surface area contributed by atoms with Gasteiger partial charge in [0.2, 0.25) is 0 Å². The molecule has 0 aliphatic rings. The molecule has 18 heavy (non-hydrogen) atoms. The van der Waals surface area contributed by atoms with E-state index in [4.69, 9.17) is 5.11 Å². The fourth-order valence-corrected chi connectivity index (χ4v) is 2.42. The van der Waals surface area contributed by atoms with E-state index < -0.39 is 5.97 Å². The number of hydrogen-bond donors (Lipinski definition) is 1. The lowest BCUT2D eigenvalue weighted by atomic mass is 10.1. The van der Waals surface area contributed by atoms with Crippen LogP contribution in [-0.4, -0.2) is 29.1 Å². The van der Waals surface area contributed by atoms with Crippen molar-refractivity contribution in [1.29, 1.82) is 0 Å². The molecule has 0 heterocycles. The van der Waals surface area contributed by atoms with Gasteiger partial charge in [-0.25, -0.2) is 4.39 Å². The van der Waals surface area contributed by atoms with Gasteiger partial charge in [0.25, 0.3) is 0 Å². The van der Waals surface area contributed by atoms with E-state index in [0.717, 1.165) is 5.56 Å². The Morgan fingerprint density at radius 3 is 2.83 bits per heavy atom. The average Bonchev–Trinajstić information content (AvgIpc) is 2.27. The number of nitrogens with zero attached hydrogens (tertiary/aromatic N) is 1. The second-order valence-corrected chi connectivity index (χ2v) is 4.81. The molecule has 5 heteroatoms. The van der Waals surface area contributed by atoms with Crippen LogP contribution in [0.2, 0.25) is 0 Å². The smallest absolute Gasteiger partial charge is 0.317 e. The first kappa shape index (κ1) is 14.9. The molecule has 1 aromatic carbocycles. The van der Waals surface area contributed by atoms with Crippen LogP contribution in [-0.2, 0) is 4.79 Å². The summed E-state index contributed by atoms with van der Waals surface area (Å²) >= 11 is 3.29. The SMILES string of the molecule is C=CCN(CC(=O)O)C(C)c1ccc(F)cc1Br. The number of carboxylic acid groups (broad SMARTS) is 1. The van der Waals surface area contributed by atoms with Gasteiger partial charge in [-0.05, 0) is 24.6 Å². The van der Waals surface area contributed by atoms with E-state index in [0.29, 0.717) is 11.0 Å². The van der Waals surface area contributed by atoms with Crippen molar-refractivity contribution in [3.8, 4) is 0 Å². The molecule has 3 nitrogen and oxygen atoms in total. The maximum Gasteiger partial charge on any atom is 0.317 e. The van der Waals surface area contributed by atoms with Crippen LogP contribution < -0.4 is 0 Å². The molecule has 0 aliphatic heterocycles. The van der Waals surface area contributed by atoms with Crippen LogP contribution in [0.3, 0.4) is 0 Å². The minimum atomic E-state index is -0.901. The Morgan fingerprint density at radius 2 is 2.33 bits per heavy atom. The van der Waals surface area contributed by atoms with Crippen molar-refractivity contribution in [2.24, 2.45) is 0 Å². The molecule has 0 saturated heterocycles. The highest BCUT2D eigenvalue weighted by molar-refractivity contribution is 9.10. The molecule has 1 rings (SSSR count). The van der Waals surface area contributed by atoms with Crippen molar-refractivity contribution >= 4 is 21.9 Å². The van der Waals surface area contributed by atoms with Gasteiger partial charge in [-0.3, -0.25) is 9.69 Å². The summed E-state index contributed by atoms with van der Waals surface area (Å²) in [6.45, 7) is 5.86. The van der Waals surface area contributed by atoms with Gasteiger partial charge in [0.05, 0.1) is 6.54 Å². The lowest BCUT2D eigenvalue weighted by Crippen LogP contribution is -2.32. The summed E-state index contributed by atoms with van der Waals surface area (Å²) < 4.78 is 13.7. The first-order chi connectivity index (χ1) is 8.45. The molecule has 0 spiro atoms. The predicted octanol–water partition coefficient (Wildman–Crippen LogP) is 3.22. The van der Waals surface area contributed by atoms with Crippen LogP contribution in [0.4, 0.5) is 4.39 Å². The highest BCUT2D eigenvalue weighted by Crippen LogP contribution is 2.28. The van der Waals surface area contributed by atoms with E-state index in [-0.39, 0.29) is 18.4 Å². The van der Waals surface area contributed by atoms with E-state index >= 15 is 0 Å². The third-order valence-corrected chi connectivity index (χ3v) is 3.35. The molecule has 0 bridgehead atoms. The molecule has 0 aromatic heterocycles. The Morgan fingerprint density at radius 1 is 1.67 bits per heavy atom. The molecular formula is C13H15BrFNO2. The van der Waals surface area contributed by atoms with Crippen LogP contribution in [0.5, 0.6) is 0 Å². The van der Waals surface area contributed by atoms with Gasteiger partial charge < -0.3 is 5.11 Å². The van der Waals surface area contributed by atoms with Gasteiger partial charge >= 0.3 is 5.97 Å². The number of carbonyl (C=O) groups is 1. The van der Waals surface area contributed by atoms with Gasteiger partial charge in [0.15, 0.2) is 0 Å². The lowest BCUT2D eigenvalue weighted by molar-refractivity contribution is -0.138. The molecule has 0 aliphatic carbocycles. The van der Waals surface area contributed by atoms with E-state index in [1.807, 2.05) is 6.92 Å². The van der Waals surface area contributed by atoms with Crippen molar-refractivity contribution in [3.63, 3.8) is 0 Å². The monoisotopic (exact) mass is 315 g/mol. The molecule has 1 N–H and O–H groups in total. The number of rotatable bonds is 6. The molecular weight excluding hydrogens is 301 g/mol. The van der Waals surface area contributed by atoms with Crippen LogP contribution in [0, 0.1) is 5.82 Å². The van der Waals surface area contributed by atoms with E-state index in [9.17, 15) is 9.18 Å². The van der Waals surface area contributed by atoms with Crippen molar-refractivity contribution in [2.75, 3.05) is 13.1 Å². The average molecular weight is 316 g/mol. The molecule has 0 radical (unpaired) electrons. The second-order valence-electron chi connectivity index (χ2n) is 3.95. The topological polar surface area (TPSA) is 40.5 Å². The largest absolute Gasteiger partial charge is 0.480 e. The van der Waals surface area contributed by atoms with Gasteiger partial charge in [-0.15, -0.1) is 6.58 Å². The summed E-state index contributed by atoms with van der Waals surface area (Å²) in [6, 6.07) is 4.25. The maximum atomic E-state index is 13.0. The zero-order valence-electron chi connectivity index (χ0n) is 10.1. The Labute approximate surface area is 114 Å². The molecule has 0 saturated carbocycles. The number of hydrogen-bond acceptors (Lipinski definition) is 2. The lowest BCUT2D eigenvalue weighted by Gasteiger charge is -2.27. The molecule has 1 unspecified atom stereocenters. The first-order valence-electron chi connectivity index (χ1n) is 5.47.